The van der Waals surface area contributed by atoms with Crippen LogP contribution in [0, 0.1) is 0 Å². The average molecular weight is 193 g/mol. The molecular formula is C11H19N3. The van der Waals surface area contributed by atoms with Crippen LogP contribution in [0.25, 0.3) is 0 Å². The van der Waals surface area contributed by atoms with Gasteiger partial charge >= 0.3 is 0 Å². The number of hydrogen-bond acceptors (Lipinski definition) is 2. The zero-order chi connectivity index (χ0) is 10.0. The van der Waals surface area contributed by atoms with Gasteiger partial charge in [0.25, 0.3) is 0 Å². The van der Waals surface area contributed by atoms with Gasteiger partial charge in [-0.3, -0.25) is 5.10 Å². The van der Waals surface area contributed by atoms with Crippen LogP contribution in [0.2, 0.25) is 0 Å². The maximum absolute atomic E-state index is 4.32. The fourth-order valence-corrected chi connectivity index (χ4v) is 2.22. The molecule has 0 amide bonds. The lowest BCUT2D eigenvalue weighted by molar-refractivity contribution is 0.173. The molecule has 1 aromatic heterocycles. The highest BCUT2D eigenvalue weighted by Gasteiger charge is 2.32. The number of hydrogen-bond donors (Lipinski definition) is 1. The predicted octanol–water partition coefficient (Wildman–Crippen LogP) is 1.78. The van der Waals surface area contributed by atoms with Crippen molar-refractivity contribution in [1.29, 1.82) is 0 Å². The molecule has 1 fully saturated rings. The van der Waals surface area contributed by atoms with Gasteiger partial charge in [0, 0.05) is 11.6 Å². The Kier molecular flexibility index (Phi) is 2.59. The van der Waals surface area contributed by atoms with Crippen molar-refractivity contribution < 1.29 is 0 Å². The smallest absolute Gasteiger partial charge is 0.0681 e. The minimum atomic E-state index is 0.297. The largest absolute Gasteiger partial charge is 0.304 e. The van der Waals surface area contributed by atoms with E-state index in [1.807, 2.05) is 6.20 Å². The number of likely N-dealkylation sites (tertiary alicyclic amines) is 1. The van der Waals surface area contributed by atoms with Gasteiger partial charge in [0.15, 0.2) is 0 Å². The number of aromatic amines is 1. The van der Waals surface area contributed by atoms with Crippen molar-refractivity contribution in [1.82, 2.24) is 15.1 Å². The maximum atomic E-state index is 4.32. The quantitative estimate of drug-likeness (QED) is 0.776. The molecule has 0 bridgehead atoms. The van der Waals surface area contributed by atoms with Gasteiger partial charge in [0.1, 0.15) is 0 Å². The lowest BCUT2D eigenvalue weighted by atomic mass is 9.77. The van der Waals surface area contributed by atoms with Gasteiger partial charge in [-0.05, 0) is 38.5 Å². The third kappa shape index (κ3) is 1.69. The van der Waals surface area contributed by atoms with E-state index in [0.717, 1.165) is 0 Å². The lowest BCUT2D eigenvalue weighted by Gasteiger charge is -2.37. The highest BCUT2D eigenvalue weighted by Crippen LogP contribution is 2.33. The summed E-state index contributed by atoms with van der Waals surface area (Å²) in [6, 6.07) is 2.11. The van der Waals surface area contributed by atoms with Crippen LogP contribution in [0.4, 0.5) is 0 Å². The zero-order valence-electron chi connectivity index (χ0n) is 9.08. The second-order valence-electron chi connectivity index (χ2n) is 4.45. The van der Waals surface area contributed by atoms with Crippen LogP contribution in [0.5, 0.6) is 0 Å². The van der Waals surface area contributed by atoms with Gasteiger partial charge in [0.2, 0.25) is 0 Å². The van der Waals surface area contributed by atoms with Crippen LogP contribution >= 0.6 is 0 Å². The Labute approximate surface area is 85.5 Å². The first-order chi connectivity index (χ1) is 6.74. The Bertz CT molecular complexity index is 271. The van der Waals surface area contributed by atoms with Gasteiger partial charge in [-0.15, -0.1) is 0 Å². The summed E-state index contributed by atoms with van der Waals surface area (Å²) in [6.07, 6.45) is 4.38. The van der Waals surface area contributed by atoms with Crippen LogP contribution in [-0.2, 0) is 5.41 Å². The average Bonchev–Trinajstić information content (AvgIpc) is 2.72. The molecule has 0 radical (unpaired) electrons. The van der Waals surface area contributed by atoms with E-state index in [-0.39, 0.29) is 0 Å². The SMILES string of the molecule is CCN1CCC(C)(c2cc[nH]n2)CC1. The summed E-state index contributed by atoms with van der Waals surface area (Å²) in [5.41, 5.74) is 1.53. The highest BCUT2D eigenvalue weighted by molar-refractivity contribution is 5.14. The first-order valence-electron chi connectivity index (χ1n) is 5.47. The summed E-state index contributed by atoms with van der Waals surface area (Å²) < 4.78 is 0. The first kappa shape index (κ1) is 9.71. The number of nitrogens with zero attached hydrogens (tertiary/aromatic N) is 2. The molecule has 2 heterocycles. The third-order valence-corrected chi connectivity index (χ3v) is 3.53. The second-order valence-corrected chi connectivity index (χ2v) is 4.45. The van der Waals surface area contributed by atoms with Crippen molar-refractivity contribution >= 4 is 0 Å². The summed E-state index contributed by atoms with van der Waals surface area (Å²) in [5, 5.41) is 7.23. The number of aromatic nitrogens is 2. The normalized spacial score (nSPS) is 22.4. The molecule has 0 aromatic carbocycles. The Balaban J connectivity index is 2.06. The van der Waals surface area contributed by atoms with Crippen molar-refractivity contribution in [2.45, 2.75) is 32.1 Å². The fraction of sp³-hybridized carbons (Fsp3) is 0.727. The fourth-order valence-electron chi connectivity index (χ4n) is 2.22. The Morgan fingerprint density at radius 2 is 2.21 bits per heavy atom. The second kappa shape index (κ2) is 3.73. The highest BCUT2D eigenvalue weighted by atomic mass is 15.1. The zero-order valence-corrected chi connectivity index (χ0v) is 9.08. The molecule has 1 saturated heterocycles. The lowest BCUT2D eigenvalue weighted by Crippen LogP contribution is -2.40. The standard InChI is InChI=1S/C11H19N3/c1-3-14-8-5-11(2,6-9-14)10-4-7-12-13-10/h4,7H,3,5-6,8-9H2,1-2H3,(H,12,13). The monoisotopic (exact) mass is 193 g/mol. The summed E-state index contributed by atoms with van der Waals surface area (Å²) in [7, 11) is 0. The van der Waals surface area contributed by atoms with E-state index in [1.165, 1.54) is 38.2 Å². The van der Waals surface area contributed by atoms with E-state index in [4.69, 9.17) is 0 Å². The summed E-state index contributed by atoms with van der Waals surface area (Å²) >= 11 is 0. The van der Waals surface area contributed by atoms with Gasteiger partial charge < -0.3 is 4.90 Å². The molecule has 1 aliphatic rings. The third-order valence-electron chi connectivity index (χ3n) is 3.53. The van der Waals surface area contributed by atoms with Crippen LogP contribution in [0.15, 0.2) is 12.3 Å². The summed E-state index contributed by atoms with van der Waals surface area (Å²) in [4.78, 5) is 2.51. The molecule has 0 saturated carbocycles. The van der Waals surface area contributed by atoms with Crippen LogP contribution in [-0.4, -0.2) is 34.7 Å². The minimum absolute atomic E-state index is 0.297. The van der Waals surface area contributed by atoms with E-state index >= 15 is 0 Å². The Hall–Kier alpha value is -0.830. The molecule has 3 heteroatoms. The predicted molar refractivity (Wildman–Crippen MR) is 57.3 cm³/mol. The number of piperidine rings is 1. The summed E-state index contributed by atoms with van der Waals surface area (Å²) in [5.74, 6) is 0. The van der Waals surface area contributed by atoms with Crippen molar-refractivity contribution in [2.24, 2.45) is 0 Å². The Morgan fingerprint density at radius 1 is 1.50 bits per heavy atom. The first-order valence-corrected chi connectivity index (χ1v) is 5.47. The van der Waals surface area contributed by atoms with E-state index in [0.29, 0.717) is 5.41 Å². The number of nitrogens with one attached hydrogen (secondary N) is 1. The number of rotatable bonds is 2. The summed E-state index contributed by atoms with van der Waals surface area (Å²) in [6.45, 7) is 8.16. The molecule has 3 nitrogen and oxygen atoms in total. The molecule has 78 valence electrons. The van der Waals surface area contributed by atoms with Crippen LogP contribution in [0.3, 0.4) is 0 Å². The molecule has 0 spiro atoms. The minimum Gasteiger partial charge on any atom is -0.304 e. The Morgan fingerprint density at radius 3 is 2.71 bits per heavy atom. The van der Waals surface area contributed by atoms with Gasteiger partial charge in [-0.1, -0.05) is 13.8 Å². The van der Waals surface area contributed by atoms with Crippen molar-refractivity contribution in [2.75, 3.05) is 19.6 Å². The van der Waals surface area contributed by atoms with Gasteiger partial charge in [0.05, 0.1) is 5.69 Å². The molecule has 0 unspecified atom stereocenters. The number of H-pyrrole nitrogens is 1. The van der Waals surface area contributed by atoms with Crippen LogP contribution in [0.1, 0.15) is 32.4 Å². The maximum Gasteiger partial charge on any atom is 0.0681 e. The molecular weight excluding hydrogens is 174 g/mol. The molecule has 14 heavy (non-hydrogen) atoms. The molecule has 2 rings (SSSR count). The van der Waals surface area contributed by atoms with E-state index < -0.39 is 0 Å². The molecule has 1 N–H and O–H groups in total. The van der Waals surface area contributed by atoms with Crippen molar-refractivity contribution in [3.8, 4) is 0 Å². The van der Waals surface area contributed by atoms with Crippen molar-refractivity contribution in [3.05, 3.63) is 18.0 Å². The molecule has 0 atom stereocenters. The topological polar surface area (TPSA) is 31.9 Å². The molecule has 1 aliphatic heterocycles. The van der Waals surface area contributed by atoms with E-state index in [2.05, 4.69) is 35.0 Å². The van der Waals surface area contributed by atoms with Gasteiger partial charge in [-0.2, -0.15) is 5.10 Å². The van der Waals surface area contributed by atoms with Crippen LogP contribution < -0.4 is 0 Å². The van der Waals surface area contributed by atoms with Gasteiger partial charge in [-0.25, -0.2) is 0 Å². The van der Waals surface area contributed by atoms with E-state index in [9.17, 15) is 0 Å². The molecule has 0 aliphatic carbocycles. The van der Waals surface area contributed by atoms with E-state index in [1.54, 1.807) is 0 Å². The molecule has 1 aromatic rings. The van der Waals surface area contributed by atoms with Crippen molar-refractivity contribution in [3.63, 3.8) is 0 Å².